The van der Waals surface area contributed by atoms with Gasteiger partial charge in [-0.05, 0) is 12.1 Å². The lowest BCUT2D eigenvalue weighted by atomic mass is 10.0. The van der Waals surface area contributed by atoms with E-state index in [1.54, 1.807) is 25.3 Å². The zero-order valence-electron chi connectivity index (χ0n) is 12.6. The highest BCUT2D eigenvalue weighted by atomic mass is 32.2. The van der Waals surface area contributed by atoms with Crippen LogP contribution in [0.15, 0.2) is 29.2 Å². The largest absolute Gasteiger partial charge is 0.381 e. The van der Waals surface area contributed by atoms with E-state index in [1.807, 2.05) is 6.07 Å². The third kappa shape index (κ3) is 3.37. The van der Waals surface area contributed by atoms with Gasteiger partial charge in [-0.1, -0.05) is 12.1 Å². The van der Waals surface area contributed by atoms with Crippen LogP contribution in [0.4, 0.5) is 5.69 Å². The van der Waals surface area contributed by atoms with Crippen molar-refractivity contribution in [1.29, 1.82) is 0 Å². The first-order valence-electron chi connectivity index (χ1n) is 6.80. The number of nitrogens with one attached hydrogen (secondary N) is 1. The summed E-state index contributed by atoms with van der Waals surface area (Å²) >= 11 is 0. The number of hydrogen-bond donors (Lipinski definition) is 1. The first kappa shape index (κ1) is 16.2. The van der Waals surface area contributed by atoms with E-state index >= 15 is 0 Å². The molecule has 1 aliphatic rings. The van der Waals surface area contributed by atoms with Crippen LogP contribution < -0.4 is 5.32 Å². The molecule has 0 bridgehead atoms. The monoisotopic (exact) mass is 314 g/mol. The van der Waals surface area contributed by atoms with E-state index in [4.69, 9.17) is 9.47 Å². The van der Waals surface area contributed by atoms with Gasteiger partial charge >= 0.3 is 0 Å². The molecule has 21 heavy (non-hydrogen) atoms. The normalized spacial score (nSPS) is 22.7. The van der Waals surface area contributed by atoms with Crippen LogP contribution in [-0.2, 0) is 19.5 Å². The molecule has 1 aromatic carbocycles. The van der Waals surface area contributed by atoms with Crippen LogP contribution >= 0.6 is 0 Å². The number of sulfonamides is 1. The molecule has 7 heteroatoms. The SMILES string of the molecule is COC1(CNc2ccccc2S(=O)(=O)N(C)C)CCOC1. The number of ether oxygens (including phenoxy) is 2. The van der Waals surface area contributed by atoms with Crippen LogP contribution in [0.5, 0.6) is 0 Å². The van der Waals surface area contributed by atoms with Crippen LogP contribution in [0.3, 0.4) is 0 Å². The molecule has 2 rings (SSSR count). The summed E-state index contributed by atoms with van der Waals surface area (Å²) in [6.45, 7) is 1.68. The highest BCUT2D eigenvalue weighted by Gasteiger charge is 2.35. The van der Waals surface area contributed by atoms with Gasteiger partial charge in [0.25, 0.3) is 0 Å². The average Bonchev–Trinajstić information content (AvgIpc) is 2.95. The lowest BCUT2D eigenvalue weighted by molar-refractivity contribution is -0.00623. The molecule has 1 fully saturated rings. The van der Waals surface area contributed by atoms with Gasteiger partial charge in [-0.15, -0.1) is 0 Å². The molecule has 0 amide bonds. The van der Waals surface area contributed by atoms with E-state index in [2.05, 4.69) is 5.32 Å². The van der Waals surface area contributed by atoms with Crippen molar-refractivity contribution in [1.82, 2.24) is 4.31 Å². The van der Waals surface area contributed by atoms with Crippen LogP contribution in [0.2, 0.25) is 0 Å². The van der Waals surface area contributed by atoms with E-state index in [1.165, 1.54) is 18.4 Å². The van der Waals surface area contributed by atoms with E-state index in [0.717, 1.165) is 6.42 Å². The van der Waals surface area contributed by atoms with Crippen LogP contribution in [0, 0.1) is 0 Å². The van der Waals surface area contributed by atoms with Gasteiger partial charge in [0.2, 0.25) is 10.0 Å². The molecule has 6 nitrogen and oxygen atoms in total. The lowest BCUT2D eigenvalue weighted by Crippen LogP contribution is -2.40. The number of anilines is 1. The van der Waals surface area contributed by atoms with Gasteiger partial charge in [0.1, 0.15) is 10.5 Å². The Morgan fingerprint density at radius 2 is 2.10 bits per heavy atom. The second kappa shape index (κ2) is 6.31. The molecule has 0 aliphatic carbocycles. The summed E-state index contributed by atoms with van der Waals surface area (Å²) in [7, 11) is 1.21. The molecular weight excluding hydrogens is 292 g/mol. The third-order valence-electron chi connectivity index (χ3n) is 3.75. The summed E-state index contributed by atoms with van der Waals surface area (Å²) < 4.78 is 36.8. The molecule has 0 radical (unpaired) electrons. The Kier molecular flexibility index (Phi) is 4.88. The maximum atomic E-state index is 12.3. The van der Waals surface area contributed by atoms with Crippen molar-refractivity contribution in [3.63, 3.8) is 0 Å². The van der Waals surface area contributed by atoms with Crippen molar-refractivity contribution in [2.75, 3.05) is 46.3 Å². The minimum Gasteiger partial charge on any atom is -0.381 e. The molecule has 0 spiro atoms. The summed E-state index contributed by atoms with van der Waals surface area (Å²) in [6, 6.07) is 6.88. The molecule has 118 valence electrons. The van der Waals surface area contributed by atoms with E-state index in [0.29, 0.717) is 25.4 Å². The smallest absolute Gasteiger partial charge is 0.244 e. The van der Waals surface area contributed by atoms with Gasteiger partial charge < -0.3 is 14.8 Å². The minimum absolute atomic E-state index is 0.264. The number of rotatable bonds is 6. The summed E-state index contributed by atoms with van der Waals surface area (Å²) in [5.74, 6) is 0. The molecule has 1 saturated heterocycles. The number of nitrogens with zero attached hydrogens (tertiary/aromatic N) is 1. The highest BCUT2D eigenvalue weighted by molar-refractivity contribution is 7.89. The Morgan fingerprint density at radius 3 is 2.67 bits per heavy atom. The summed E-state index contributed by atoms with van der Waals surface area (Å²) in [6.07, 6.45) is 0.791. The first-order valence-corrected chi connectivity index (χ1v) is 8.24. The molecule has 1 aromatic rings. The van der Waals surface area contributed by atoms with Gasteiger partial charge in [0.05, 0.1) is 12.3 Å². The van der Waals surface area contributed by atoms with Crippen molar-refractivity contribution in [3.05, 3.63) is 24.3 Å². The Labute approximate surface area is 126 Å². The maximum absolute atomic E-state index is 12.3. The first-order chi connectivity index (χ1) is 9.91. The Bertz CT molecular complexity index is 580. The number of hydrogen-bond acceptors (Lipinski definition) is 5. The van der Waals surface area contributed by atoms with Gasteiger partial charge in [-0.2, -0.15) is 0 Å². The third-order valence-corrected chi connectivity index (χ3v) is 5.62. The fourth-order valence-electron chi connectivity index (χ4n) is 2.25. The second-order valence-corrected chi connectivity index (χ2v) is 7.45. The highest BCUT2D eigenvalue weighted by Crippen LogP contribution is 2.27. The molecule has 1 N–H and O–H groups in total. The molecule has 1 heterocycles. The molecule has 1 atom stereocenters. The van der Waals surface area contributed by atoms with E-state index < -0.39 is 15.6 Å². The van der Waals surface area contributed by atoms with Crippen molar-refractivity contribution < 1.29 is 17.9 Å². The van der Waals surface area contributed by atoms with Gasteiger partial charge in [-0.3, -0.25) is 0 Å². The van der Waals surface area contributed by atoms with Crippen molar-refractivity contribution >= 4 is 15.7 Å². The fourth-order valence-corrected chi connectivity index (χ4v) is 3.31. The topological polar surface area (TPSA) is 67.9 Å². The maximum Gasteiger partial charge on any atom is 0.244 e. The Morgan fingerprint density at radius 1 is 1.38 bits per heavy atom. The second-order valence-electron chi connectivity index (χ2n) is 5.33. The number of para-hydroxylation sites is 1. The van der Waals surface area contributed by atoms with Crippen LogP contribution in [0.1, 0.15) is 6.42 Å². The van der Waals surface area contributed by atoms with Crippen molar-refractivity contribution in [2.45, 2.75) is 16.9 Å². The predicted octanol–water partition coefficient (Wildman–Crippen LogP) is 1.15. The summed E-state index contributed by atoms with van der Waals surface area (Å²) in [4.78, 5) is 0.264. The number of benzene rings is 1. The summed E-state index contributed by atoms with van der Waals surface area (Å²) in [5, 5.41) is 3.20. The standard InChI is InChI=1S/C14H22N2O4S/c1-16(2)21(17,18)13-7-5-4-6-12(13)15-10-14(19-3)8-9-20-11-14/h4-7,15H,8-11H2,1-3H3. The molecule has 1 aliphatic heterocycles. The van der Waals surface area contributed by atoms with Crippen molar-refractivity contribution in [2.24, 2.45) is 0 Å². The molecule has 0 aromatic heterocycles. The van der Waals surface area contributed by atoms with Gasteiger partial charge in [0, 0.05) is 40.8 Å². The quantitative estimate of drug-likeness (QED) is 0.853. The van der Waals surface area contributed by atoms with E-state index in [-0.39, 0.29) is 4.90 Å². The summed E-state index contributed by atoms with van der Waals surface area (Å²) in [5.41, 5.74) is 0.184. The molecule has 1 unspecified atom stereocenters. The Balaban J connectivity index is 2.22. The van der Waals surface area contributed by atoms with E-state index in [9.17, 15) is 8.42 Å². The lowest BCUT2D eigenvalue weighted by Gasteiger charge is -2.27. The average molecular weight is 314 g/mol. The zero-order valence-corrected chi connectivity index (χ0v) is 13.4. The molecular formula is C14H22N2O4S. The minimum atomic E-state index is -3.48. The van der Waals surface area contributed by atoms with Crippen LogP contribution in [0.25, 0.3) is 0 Å². The number of methoxy groups -OCH3 is 1. The zero-order chi connectivity index (χ0) is 15.5. The predicted molar refractivity (Wildman–Crippen MR) is 81.0 cm³/mol. The van der Waals surface area contributed by atoms with Gasteiger partial charge in [0.15, 0.2) is 0 Å². The fraction of sp³-hybridized carbons (Fsp3) is 0.571. The molecule has 0 saturated carbocycles. The van der Waals surface area contributed by atoms with Crippen LogP contribution in [-0.4, -0.2) is 59.3 Å². The van der Waals surface area contributed by atoms with Gasteiger partial charge in [-0.25, -0.2) is 12.7 Å². The van der Waals surface area contributed by atoms with Crippen molar-refractivity contribution in [3.8, 4) is 0 Å². The Hall–Kier alpha value is -1.15.